The highest BCUT2D eigenvalue weighted by atomic mass is 15.2. The van der Waals surface area contributed by atoms with Crippen LogP contribution in [0.25, 0.3) is 44.5 Å². The molecule has 0 atom stereocenters. The fraction of sp³-hybridized carbons (Fsp3) is 0.0625. The monoisotopic (exact) mass is 841 g/mol. The van der Waals surface area contributed by atoms with Crippen LogP contribution in [0.4, 0.5) is 17.1 Å². The molecule has 0 aromatic heterocycles. The van der Waals surface area contributed by atoms with Crippen LogP contribution in [0, 0.1) is 20.8 Å². The normalized spacial score (nSPS) is 13.1. The smallest absolute Gasteiger partial charge is 0.242 e. The molecule has 0 radical (unpaired) electrons. The van der Waals surface area contributed by atoms with Crippen molar-refractivity contribution >= 4 is 40.2 Å². The highest BCUT2D eigenvalue weighted by Gasteiger charge is 2.53. The van der Waals surface area contributed by atoms with Crippen LogP contribution in [-0.2, 0) is 5.41 Å². The van der Waals surface area contributed by atoms with E-state index in [9.17, 15) is 0 Å². The van der Waals surface area contributed by atoms with Gasteiger partial charge in [0.2, 0.25) is 6.71 Å². The lowest BCUT2D eigenvalue weighted by molar-refractivity contribution is 0.738. The van der Waals surface area contributed by atoms with Crippen molar-refractivity contribution < 1.29 is 0 Å². The Morgan fingerprint density at radius 1 is 0.318 bits per heavy atom. The first-order valence-electron chi connectivity index (χ1n) is 23.2. The highest BCUT2D eigenvalue weighted by Crippen LogP contribution is 2.59. The van der Waals surface area contributed by atoms with E-state index in [-0.39, 0.29) is 6.71 Å². The number of rotatable bonds is 6. The van der Waals surface area contributed by atoms with E-state index in [0.29, 0.717) is 0 Å². The van der Waals surface area contributed by atoms with E-state index >= 15 is 0 Å². The number of hydrogen-bond acceptors (Lipinski definition) is 1. The molecule has 0 unspecified atom stereocenters. The van der Waals surface area contributed by atoms with Crippen LogP contribution in [0.5, 0.6) is 0 Å². The van der Waals surface area contributed by atoms with Crippen LogP contribution in [-0.4, -0.2) is 6.71 Å². The van der Waals surface area contributed by atoms with Gasteiger partial charge in [-0.05, 0) is 124 Å². The van der Waals surface area contributed by atoms with Crippen LogP contribution in [0.3, 0.4) is 0 Å². The Morgan fingerprint density at radius 2 is 0.652 bits per heavy atom. The van der Waals surface area contributed by atoms with E-state index in [1.807, 2.05) is 0 Å². The summed E-state index contributed by atoms with van der Waals surface area (Å²) in [5.41, 5.74) is 25.5. The van der Waals surface area contributed by atoms with Crippen molar-refractivity contribution in [2.24, 2.45) is 0 Å². The fourth-order valence-corrected chi connectivity index (χ4v) is 11.5. The first-order chi connectivity index (χ1) is 32.5. The summed E-state index contributed by atoms with van der Waals surface area (Å²) in [4.78, 5) is 2.52. The van der Waals surface area contributed by atoms with E-state index in [1.54, 1.807) is 0 Å². The summed E-state index contributed by atoms with van der Waals surface area (Å²) in [6.07, 6.45) is 0. The molecule has 12 rings (SSSR count). The maximum Gasteiger partial charge on any atom is 0.242 e. The van der Waals surface area contributed by atoms with Gasteiger partial charge in [0.1, 0.15) is 0 Å². The zero-order chi connectivity index (χ0) is 44.4. The molecule has 0 bridgehead atoms. The fourth-order valence-electron chi connectivity index (χ4n) is 11.5. The molecule has 66 heavy (non-hydrogen) atoms. The second-order valence-corrected chi connectivity index (χ2v) is 18.2. The summed E-state index contributed by atoms with van der Waals surface area (Å²) in [7, 11) is 0. The van der Waals surface area contributed by atoms with Gasteiger partial charge in [0.15, 0.2) is 0 Å². The zero-order valence-electron chi connectivity index (χ0n) is 37.5. The Morgan fingerprint density at radius 3 is 1.03 bits per heavy atom. The van der Waals surface area contributed by atoms with Crippen LogP contribution in [0.2, 0.25) is 0 Å². The molecule has 0 amide bonds. The van der Waals surface area contributed by atoms with E-state index in [1.165, 1.54) is 111 Å². The zero-order valence-corrected chi connectivity index (χ0v) is 37.5. The van der Waals surface area contributed by atoms with Gasteiger partial charge in [0, 0.05) is 5.69 Å². The number of fused-ring (bicyclic) bond motifs is 8. The van der Waals surface area contributed by atoms with Crippen LogP contribution in [0.15, 0.2) is 237 Å². The van der Waals surface area contributed by atoms with Crippen molar-refractivity contribution in [2.75, 3.05) is 4.90 Å². The van der Waals surface area contributed by atoms with E-state index in [0.717, 1.165) is 5.69 Å². The molecule has 10 aromatic rings. The second kappa shape index (κ2) is 15.9. The van der Waals surface area contributed by atoms with Crippen molar-refractivity contribution in [1.82, 2.24) is 0 Å². The van der Waals surface area contributed by atoms with Crippen LogP contribution in [0.1, 0.15) is 38.9 Å². The summed E-state index contributed by atoms with van der Waals surface area (Å²) in [6.45, 7) is 6.85. The van der Waals surface area contributed by atoms with Crippen molar-refractivity contribution in [3.63, 3.8) is 0 Å². The minimum absolute atomic E-state index is 0.00969. The van der Waals surface area contributed by atoms with Crippen molar-refractivity contribution in [3.8, 4) is 44.5 Å². The minimum Gasteiger partial charge on any atom is -0.310 e. The number of para-hydroxylation sites is 1. The lowest BCUT2D eigenvalue weighted by atomic mass is 9.29. The van der Waals surface area contributed by atoms with Crippen molar-refractivity contribution in [1.29, 1.82) is 0 Å². The topological polar surface area (TPSA) is 3.24 Å². The summed E-state index contributed by atoms with van der Waals surface area (Å²) in [6, 6.07) is 88.8. The largest absolute Gasteiger partial charge is 0.310 e. The molecule has 2 aliphatic heterocycles. The Balaban J connectivity index is 1.30. The van der Waals surface area contributed by atoms with Gasteiger partial charge in [-0.1, -0.05) is 233 Å². The van der Waals surface area contributed by atoms with Gasteiger partial charge >= 0.3 is 0 Å². The molecule has 0 saturated carbocycles. The SMILES string of the molecule is Cc1cc(C)c(B2c3ccc(-c4ccccc4)cc3C3(c4cc(-c5ccccc5)ccc42)c2cc(-c4ccccc4)ccc2N(c2ccccc2)c2ccc(-c4ccccc4)cc23)c(C)c1. The summed E-state index contributed by atoms with van der Waals surface area (Å²) in [5.74, 6) is 0. The summed E-state index contributed by atoms with van der Waals surface area (Å²) in [5, 5.41) is 0. The summed E-state index contributed by atoms with van der Waals surface area (Å²) < 4.78 is 0. The molecule has 0 fully saturated rings. The number of benzene rings is 10. The molecule has 0 saturated heterocycles. The predicted molar refractivity (Wildman–Crippen MR) is 280 cm³/mol. The molecule has 1 nitrogen and oxygen atoms in total. The average molecular weight is 842 g/mol. The lowest BCUT2D eigenvalue weighted by Crippen LogP contribution is -2.63. The van der Waals surface area contributed by atoms with Gasteiger partial charge in [-0.3, -0.25) is 0 Å². The Labute approximate surface area is 389 Å². The molecular weight excluding hydrogens is 794 g/mol. The predicted octanol–water partition coefficient (Wildman–Crippen LogP) is 14.3. The van der Waals surface area contributed by atoms with Gasteiger partial charge in [-0.25, -0.2) is 0 Å². The van der Waals surface area contributed by atoms with Gasteiger partial charge in [0.05, 0.1) is 16.8 Å². The number of aryl methyl sites for hydroxylation is 3. The standard InChI is InChI=1S/C64H48BN/c1-43-37-44(2)63(45(3)38-43)65-59-33-29-50(46-19-9-4-10-20-46)39-55(59)64(56-40-51(30-34-60(56)65)47-21-11-5-12-22-47)57-41-52(48-23-13-6-14-24-48)31-35-61(57)66(54-27-17-8-18-28-54)62-36-32-53(42-58(62)64)49-25-15-7-16-26-49/h4-42H,1-3H3. The second-order valence-electron chi connectivity index (χ2n) is 18.2. The quantitative estimate of drug-likeness (QED) is 0.151. The number of nitrogens with zero attached hydrogens (tertiary/aromatic N) is 1. The third-order valence-corrected chi connectivity index (χ3v) is 14.3. The Bertz CT molecular complexity index is 3230. The number of hydrogen-bond donors (Lipinski definition) is 0. The third kappa shape index (κ3) is 6.32. The number of anilines is 3. The van der Waals surface area contributed by atoms with Crippen LogP contribution >= 0.6 is 0 Å². The maximum absolute atomic E-state index is 2.56. The molecule has 0 aliphatic carbocycles. The van der Waals surface area contributed by atoms with E-state index in [2.05, 4.69) is 262 Å². The molecule has 1 spiro atoms. The Kier molecular flexibility index (Phi) is 9.58. The lowest BCUT2D eigenvalue weighted by Gasteiger charge is -2.51. The molecule has 0 N–H and O–H groups in total. The molecule has 2 heterocycles. The third-order valence-electron chi connectivity index (χ3n) is 14.3. The maximum atomic E-state index is 2.56. The molecule has 2 aliphatic rings. The van der Waals surface area contributed by atoms with Crippen LogP contribution < -0.4 is 21.3 Å². The van der Waals surface area contributed by atoms with Crippen molar-refractivity contribution in [2.45, 2.75) is 26.2 Å². The summed E-state index contributed by atoms with van der Waals surface area (Å²) >= 11 is 0. The van der Waals surface area contributed by atoms with E-state index < -0.39 is 5.41 Å². The van der Waals surface area contributed by atoms with Gasteiger partial charge in [-0.15, -0.1) is 0 Å². The molecular formula is C64H48BN. The first-order valence-corrected chi connectivity index (χ1v) is 23.2. The molecule has 312 valence electrons. The van der Waals surface area contributed by atoms with Gasteiger partial charge < -0.3 is 4.90 Å². The first kappa shape index (κ1) is 39.6. The minimum atomic E-state index is -0.769. The van der Waals surface area contributed by atoms with Crippen molar-refractivity contribution in [3.05, 3.63) is 276 Å². The average Bonchev–Trinajstić information content (AvgIpc) is 3.37. The van der Waals surface area contributed by atoms with Gasteiger partial charge in [0.25, 0.3) is 0 Å². The van der Waals surface area contributed by atoms with E-state index in [4.69, 9.17) is 0 Å². The highest BCUT2D eigenvalue weighted by molar-refractivity contribution is 6.97. The molecule has 2 heteroatoms. The Hall–Kier alpha value is -7.94. The molecule has 10 aromatic carbocycles. The van der Waals surface area contributed by atoms with Gasteiger partial charge in [-0.2, -0.15) is 0 Å².